The molecule has 3 heteroatoms. The van der Waals surface area contributed by atoms with E-state index >= 15 is 0 Å². The summed E-state index contributed by atoms with van der Waals surface area (Å²) in [5.74, 6) is -0.252. The quantitative estimate of drug-likeness (QED) is 0.602. The van der Waals surface area contributed by atoms with Gasteiger partial charge in [0.25, 0.3) is 0 Å². The maximum Gasteiger partial charge on any atom is 0.338 e. The number of rotatable bonds is 3. The third kappa shape index (κ3) is 2.56. The lowest BCUT2D eigenvalue weighted by atomic mass is 10.1. The third-order valence-electron chi connectivity index (χ3n) is 1.66. The second-order valence-electron chi connectivity index (χ2n) is 2.51. The van der Waals surface area contributed by atoms with Gasteiger partial charge in [0.05, 0.1) is 12.2 Å². The zero-order chi connectivity index (χ0) is 9.68. The molecular weight excluding hydrogens is 232 g/mol. The fourth-order valence-electron chi connectivity index (χ4n) is 1.04. The van der Waals surface area contributed by atoms with Crippen LogP contribution in [0.1, 0.15) is 22.8 Å². The number of carbonyl (C=O) groups excluding carboxylic acids is 1. The van der Waals surface area contributed by atoms with Crippen LogP contribution in [0.15, 0.2) is 24.3 Å². The molecule has 0 aliphatic carbocycles. The molecule has 1 aromatic rings. The Morgan fingerprint density at radius 1 is 1.46 bits per heavy atom. The van der Waals surface area contributed by atoms with Crippen LogP contribution in [0.25, 0.3) is 0 Å². The van der Waals surface area contributed by atoms with Crippen LogP contribution in [0, 0.1) is 0 Å². The number of hydrogen-bond donors (Lipinski definition) is 0. The Balaban J connectivity index is 2.92. The van der Waals surface area contributed by atoms with Gasteiger partial charge in [0.1, 0.15) is 0 Å². The molecule has 1 aromatic carbocycles. The van der Waals surface area contributed by atoms with E-state index in [1.54, 1.807) is 13.0 Å². The summed E-state index contributed by atoms with van der Waals surface area (Å²) in [6.45, 7) is 2.21. The van der Waals surface area contributed by atoms with E-state index < -0.39 is 0 Å². The lowest BCUT2D eigenvalue weighted by molar-refractivity contribution is 0.0525. The molecule has 0 N–H and O–H groups in total. The van der Waals surface area contributed by atoms with Crippen molar-refractivity contribution in [3.05, 3.63) is 35.4 Å². The van der Waals surface area contributed by atoms with E-state index in [9.17, 15) is 4.79 Å². The SMILES string of the molecule is CCOC(=O)c1ccccc1CBr. The highest BCUT2D eigenvalue weighted by atomic mass is 79.9. The minimum absolute atomic E-state index is 0.252. The van der Waals surface area contributed by atoms with E-state index in [4.69, 9.17) is 4.74 Å². The van der Waals surface area contributed by atoms with E-state index in [-0.39, 0.29) is 5.97 Å². The molecule has 0 radical (unpaired) electrons. The standard InChI is InChI=1S/C10H11BrO2/c1-2-13-10(12)9-6-4-3-5-8(9)7-11/h3-6H,2,7H2,1H3. The van der Waals surface area contributed by atoms with E-state index in [0.717, 1.165) is 5.56 Å². The van der Waals surface area contributed by atoms with Gasteiger partial charge in [0.15, 0.2) is 0 Å². The molecule has 0 saturated carbocycles. The number of halogens is 1. The van der Waals surface area contributed by atoms with Gasteiger partial charge < -0.3 is 4.74 Å². The van der Waals surface area contributed by atoms with Gasteiger partial charge in [-0.15, -0.1) is 0 Å². The van der Waals surface area contributed by atoms with Crippen LogP contribution in [0.3, 0.4) is 0 Å². The van der Waals surface area contributed by atoms with Crippen molar-refractivity contribution in [3.8, 4) is 0 Å². The summed E-state index contributed by atoms with van der Waals surface area (Å²) in [6, 6.07) is 7.41. The number of hydrogen-bond acceptors (Lipinski definition) is 2. The predicted molar refractivity (Wildman–Crippen MR) is 55.0 cm³/mol. The average Bonchev–Trinajstić information content (AvgIpc) is 2.18. The molecule has 0 fully saturated rings. The van der Waals surface area contributed by atoms with Gasteiger partial charge in [0.2, 0.25) is 0 Å². The van der Waals surface area contributed by atoms with Crippen molar-refractivity contribution < 1.29 is 9.53 Å². The summed E-state index contributed by atoms with van der Waals surface area (Å²) in [4.78, 5) is 11.4. The lowest BCUT2D eigenvalue weighted by Crippen LogP contribution is -2.06. The second kappa shape index (κ2) is 5.02. The first-order valence-electron chi connectivity index (χ1n) is 4.10. The Kier molecular flexibility index (Phi) is 3.96. The van der Waals surface area contributed by atoms with E-state index in [0.29, 0.717) is 17.5 Å². The summed E-state index contributed by atoms with van der Waals surface area (Å²) in [6.07, 6.45) is 0. The van der Waals surface area contributed by atoms with E-state index in [2.05, 4.69) is 15.9 Å². The van der Waals surface area contributed by atoms with Crippen LogP contribution >= 0.6 is 15.9 Å². The van der Waals surface area contributed by atoms with Gasteiger partial charge in [-0.1, -0.05) is 34.1 Å². The third-order valence-corrected chi connectivity index (χ3v) is 2.26. The lowest BCUT2D eigenvalue weighted by Gasteiger charge is -2.05. The zero-order valence-electron chi connectivity index (χ0n) is 7.42. The van der Waals surface area contributed by atoms with Crippen molar-refractivity contribution in [1.82, 2.24) is 0 Å². The van der Waals surface area contributed by atoms with Crippen molar-refractivity contribution in [1.29, 1.82) is 0 Å². The van der Waals surface area contributed by atoms with Gasteiger partial charge in [-0.3, -0.25) is 0 Å². The first-order chi connectivity index (χ1) is 6.29. The molecule has 1 rings (SSSR count). The molecule has 0 bridgehead atoms. The monoisotopic (exact) mass is 242 g/mol. The van der Waals surface area contributed by atoms with Crippen molar-refractivity contribution in [2.24, 2.45) is 0 Å². The summed E-state index contributed by atoms with van der Waals surface area (Å²) in [5, 5.41) is 0.669. The van der Waals surface area contributed by atoms with E-state index in [1.165, 1.54) is 0 Å². The minimum atomic E-state index is -0.252. The van der Waals surface area contributed by atoms with Gasteiger partial charge in [-0.05, 0) is 18.6 Å². The van der Waals surface area contributed by atoms with Gasteiger partial charge >= 0.3 is 5.97 Å². The number of alkyl halides is 1. The van der Waals surface area contributed by atoms with Gasteiger partial charge in [0, 0.05) is 5.33 Å². The first kappa shape index (κ1) is 10.3. The normalized spacial score (nSPS) is 9.69. The highest BCUT2D eigenvalue weighted by Gasteiger charge is 2.09. The van der Waals surface area contributed by atoms with Crippen LogP contribution in [-0.4, -0.2) is 12.6 Å². The van der Waals surface area contributed by atoms with Crippen LogP contribution in [0.5, 0.6) is 0 Å². The number of carbonyl (C=O) groups is 1. The van der Waals surface area contributed by atoms with Gasteiger partial charge in [-0.25, -0.2) is 4.79 Å². The van der Waals surface area contributed by atoms with Crippen LogP contribution in [0.2, 0.25) is 0 Å². The Hall–Kier alpha value is -0.830. The maximum absolute atomic E-state index is 11.4. The second-order valence-corrected chi connectivity index (χ2v) is 3.07. The molecule has 0 heterocycles. The highest BCUT2D eigenvalue weighted by molar-refractivity contribution is 9.08. The number of benzene rings is 1. The summed E-state index contributed by atoms with van der Waals surface area (Å²) in [7, 11) is 0. The summed E-state index contributed by atoms with van der Waals surface area (Å²) < 4.78 is 4.91. The Morgan fingerprint density at radius 3 is 2.77 bits per heavy atom. The predicted octanol–water partition coefficient (Wildman–Crippen LogP) is 2.76. The molecule has 0 amide bonds. The first-order valence-corrected chi connectivity index (χ1v) is 5.22. The van der Waals surface area contributed by atoms with Crippen LogP contribution in [-0.2, 0) is 10.1 Å². The maximum atomic E-state index is 11.4. The van der Waals surface area contributed by atoms with Gasteiger partial charge in [-0.2, -0.15) is 0 Å². The molecular formula is C10H11BrO2. The zero-order valence-corrected chi connectivity index (χ0v) is 9.00. The summed E-state index contributed by atoms with van der Waals surface area (Å²) in [5.41, 5.74) is 1.60. The fraction of sp³-hybridized carbons (Fsp3) is 0.300. The number of ether oxygens (including phenoxy) is 1. The van der Waals surface area contributed by atoms with Crippen molar-refractivity contribution >= 4 is 21.9 Å². The average molecular weight is 243 g/mol. The van der Waals surface area contributed by atoms with Crippen LogP contribution in [0.4, 0.5) is 0 Å². The molecule has 0 aliphatic heterocycles. The largest absolute Gasteiger partial charge is 0.462 e. The molecule has 0 atom stereocenters. The molecule has 0 spiro atoms. The molecule has 2 nitrogen and oxygen atoms in total. The Morgan fingerprint density at radius 2 is 2.15 bits per heavy atom. The van der Waals surface area contributed by atoms with Crippen LogP contribution < -0.4 is 0 Å². The molecule has 70 valence electrons. The topological polar surface area (TPSA) is 26.3 Å². The van der Waals surface area contributed by atoms with E-state index in [1.807, 2.05) is 18.2 Å². The molecule has 13 heavy (non-hydrogen) atoms. The van der Waals surface area contributed by atoms with Crippen molar-refractivity contribution in [2.75, 3.05) is 6.61 Å². The Labute approximate surface area is 86.0 Å². The molecule has 0 aliphatic rings. The molecule has 0 unspecified atom stereocenters. The fourth-order valence-corrected chi connectivity index (χ4v) is 1.53. The Bertz CT molecular complexity index is 297. The summed E-state index contributed by atoms with van der Waals surface area (Å²) >= 11 is 3.32. The van der Waals surface area contributed by atoms with Crippen molar-refractivity contribution in [2.45, 2.75) is 12.3 Å². The molecule has 0 saturated heterocycles. The minimum Gasteiger partial charge on any atom is -0.462 e. The smallest absolute Gasteiger partial charge is 0.338 e. The van der Waals surface area contributed by atoms with Crippen molar-refractivity contribution in [3.63, 3.8) is 0 Å². The number of esters is 1. The molecule has 0 aromatic heterocycles. The highest BCUT2D eigenvalue weighted by Crippen LogP contribution is 2.13.